The fraction of sp³-hybridized carbons (Fsp3) is 0.375. The smallest absolute Gasteiger partial charge is 0.00815 e. The van der Waals surface area contributed by atoms with E-state index in [1.165, 1.54) is 16.3 Å². The molecular weight excluding hydrogens is 242 g/mol. The Kier molecular flexibility index (Phi) is 5.64. The Morgan fingerprint density at radius 3 is 2.28 bits per heavy atom. The van der Waals surface area contributed by atoms with Crippen molar-refractivity contribution in [2.75, 3.05) is 0 Å². The van der Waals surface area contributed by atoms with Gasteiger partial charge in [-0.2, -0.15) is 0 Å². The predicted octanol–water partition coefficient (Wildman–Crippen LogP) is 4.19. The molecule has 0 aliphatic carbocycles. The van der Waals surface area contributed by atoms with Gasteiger partial charge in [-0.05, 0) is 29.7 Å². The molecule has 0 spiro atoms. The molecule has 0 aliphatic heterocycles. The van der Waals surface area contributed by atoms with E-state index in [0.717, 1.165) is 6.42 Å². The standard InChI is InChI=1S/C16H21N.ClH/c1-12(2)17-13(3)10-14-8-9-15-6-4-5-7-16(15)11-14;/h4-9,11-13,17H,10H2,1-3H3;1H. The van der Waals surface area contributed by atoms with Crippen LogP contribution in [0.3, 0.4) is 0 Å². The largest absolute Gasteiger partial charge is 0.312 e. The van der Waals surface area contributed by atoms with Gasteiger partial charge in [0, 0.05) is 12.1 Å². The van der Waals surface area contributed by atoms with Gasteiger partial charge in [-0.3, -0.25) is 0 Å². The fourth-order valence-electron chi connectivity index (χ4n) is 2.35. The Morgan fingerprint density at radius 2 is 1.61 bits per heavy atom. The third-order valence-corrected chi connectivity index (χ3v) is 2.97. The lowest BCUT2D eigenvalue weighted by Gasteiger charge is -2.17. The summed E-state index contributed by atoms with van der Waals surface area (Å²) >= 11 is 0. The lowest BCUT2D eigenvalue weighted by molar-refractivity contribution is 0.488. The normalized spacial score (nSPS) is 12.4. The number of benzene rings is 2. The van der Waals surface area contributed by atoms with Crippen LogP contribution in [-0.2, 0) is 6.42 Å². The highest BCUT2D eigenvalue weighted by Crippen LogP contribution is 2.16. The minimum Gasteiger partial charge on any atom is -0.312 e. The average molecular weight is 264 g/mol. The van der Waals surface area contributed by atoms with E-state index in [1.807, 2.05) is 0 Å². The number of halogens is 1. The van der Waals surface area contributed by atoms with Gasteiger partial charge in [-0.15, -0.1) is 12.4 Å². The van der Waals surface area contributed by atoms with Crippen LogP contribution in [0.25, 0.3) is 10.8 Å². The second-order valence-corrected chi connectivity index (χ2v) is 5.11. The highest BCUT2D eigenvalue weighted by molar-refractivity contribution is 5.85. The highest BCUT2D eigenvalue weighted by atomic mass is 35.5. The van der Waals surface area contributed by atoms with Gasteiger partial charge in [0.1, 0.15) is 0 Å². The van der Waals surface area contributed by atoms with Crippen LogP contribution in [0, 0.1) is 0 Å². The maximum Gasteiger partial charge on any atom is 0.00815 e. The SMILES string of the molecule is CC(C)NC(C)Cc1ccc2ccccc2c1.Cl. The van der Waals surface area contributed by atoms with Gasteiger partial charge < -0.3 is 5.32 Å². The maximum absolute atomic E-state index is 3.54. The Bertz CT molecular complexity index is 493. The van der Waals surface area contributed by atoms with Crippen LogP contribution in [-0.4, -0.2) is 12.1 Å². The second kappa shape index (κ2) is 6.77. The summed E-state index contributed by atoms with van der Waals surface area (Å²) in [5, 5.41) is 6.19. The number of rotatable bonds is 4. The van der Waals surface area contributed by atoms with E-state index >= 15 is 0 Å². The van der Waals surface area contributed by atoms with Gasteiger partial charge in [0.05, 0.1) is 0 Å². The van der Waals surface area contributed by atoms with Gasteiger partial charge in [-0.25, -0.2) is 0 Å². The first-order valence-corrected chi connectivity index (χ1v) is 6.39. The second-order valence-electron chi connectivity index (χ2n) is 5.11. The molecule has 2 aromatic carbocycles. The Morgan fingerprint density at radius 1 is 0.944 bits per heavy atom. The summed E-state index contributed by atoms with van der Waals surface area (Å²) in [5.74, 6) is 0. The van der Waals surface area contributed by atoms with Crippen LogP contribution < -0.4 is 5.32 Å². The average Bonchev–Trinajstić information content (AvgIpc) is 2.27. The van der Waals surface area contributed by atoms with Crippen molar-refractivity contribution in [2.45, 2.75) is 39.3 Å². The zero-order valence-electron chi connectivity index (χ0n) is 11.3. The highest BCUT2D eigenvalue weighted by Gasteiger charge is 2.05. The monoisotopic (exact) mass is 263 g/mol. The van der Waals surface area contributed by atoms with Crippen LogP contribution in [0.4, 0.5) is 0 Å². The summed E-state index contributed by atoms with van der Waals surface area (Å²) in [6, 6.07) is 16.4. The Hall–Kier alpha value is -1.05. The molecule has 0 aliphatic rings. The van der Waals surface area contributed by atoms with E-state index in [2.05, 4.69) is 68.6 Å². The van der Waals surface area contributed by atoms with E-state index < -0.39 is 0 Å². The summed E-state index contributed by atoms with van der Waals surface area (Å²) < 4.78 is 0. The van der Waals surface area contributed by atoms with Crippen molar-refractivity contribution < 1.29 is 0 Å². The predicted molar refractivity (Wildman–Crippen MR) is 82.6 cm³/mol. The molecule has 2 heteroatoms. The minimum atomic E-state index is 0. The van der Waals surface area contributed by atoms with Crippen molar-refractivity contribution in [1.29, 1.82) is 0 Å². The molecule has 0 heterocycles. The summed E-state index contributed by atoms with van der Waals surface area (Å²) in [6.45, 7) is 6.63. The van der Waals surface area contributed by atoms with Crippen LogP contribution in [0.2, 0.25) is 0 Å². The third kappa shape index (κ3) is 4.01. The molecule has 1 N–H and O–H groups in total. The number of hydrogen-bond acceptors (Lipinski definition) is 1. The van der Waals surface area contributed by atoms with Crippen LogP contribution in [0.5, 0.6) is 0 Å². The van der Waals surface area contributed by atoms with Crippen LogP contribution in [0.15, 0.2) is 42.5 Å². The molecule has 2 aromatic rings. The van der Waals surface area contributed by atoms with Crippen molar-refractivity contribution in [3.8, 4) is 0 Å². The molecule has 1 nitrogen and oxygen atoms in total. The lowest BCUT2D eigenvalue weighted by atomic mass is 10.0. The van der Waals surface area contributed by atoms with Crippen molar-refractivity contribution in [3.05, 3.63) is 48.0 Å². The molecule has 0 saturated heterocycles. The maximum atomic E-state index is 3.54. The van der Waals surface area contributed by atoms with Crippen molar-refractivity contribution in [1.82, 2.24) is 5.32 Å². The van der Waals surface area contributed by atoms with E-state index in [0.29, 0.717) is 12.1 Å². The van der Waals surface area contributed by atoms with E-state index in [9.17, 15) is 0 Å². The number of nitrogens with one attached hydrogen (secondary N) is 1. The van der Waals surface area contributed by atoms with Crippen LogP contribution in [0.1, 0.15) is 26.3 Å². The molecule has 0 aromatic heterocycles. The van der Waals surface area contributed by atoms with Crippen molar-refractivity contribution in [3.63, 3.8) is 0 Å². The van der Waals surface area contributed by atoms with Crippen LogP contribution >= 0.6 is 12.4 Å². The summed E-state index contributed by atoms with van der Waals surface area (Å²) in [7, 11) is 0. The van der Waals surface area contributed by atoms with Gasteiger partial charge in [0.25, 0.3) is 0 Å². The van der Waals surface area contributed by atoms with E-state index in [4.69, 9.17) is 0 Å². The first kappa shape index (κ1) is 15.0. The zero-order chi connectivity index (χ0) is 12.3. The summed E-state index contributed by atoms with van der Waals surface area (Å²) in [5.41, 5.74) is 1.41. The fourth-order valence-corrected chi connectivity index (χ4v) is 2.35. The van der Waals surface area contributed by atoms with Gasteiger partial charge in [-0.1, -0.05) is 56.3 Å². The summed E-state index contributed by atoms with van der Waals surface area (Å²) in [4.78, 5) is 0. The molecule has 1 atom stereocenters. The van der Waals surface area contributed by atoms with E-state index in [-0.39, 0.29) is 12.4 Å². The van der Waals surface area contributed by atoms with Crippen molar-refractivity contribution >= 4 is 23.2 Å². The number of hydrogen-bond donors (Lipinski definition) is 1. The number of fused-ring (bicyclic) bond motifs is 1. The lowest BCUT2D eigenvalue weighted by Crippen LogP contribution is -2.33. The molecule has 0 amide bonds. The quantitative estimate of drug-likeness (QED) is 0.872. The molecule has 98 valence electrons. The first-order valence-electron chi connectivity index (χ1n) is 6.39. The molecular formula is C16H22ClN. The molecule has 2 rings (SSSR count). The Balaban J connectivity index is 0.00000162. The molecule has 0 fully saturated rings. The van der Waals surface area contributed by atoms with Gasteiger partial charge in [0.2, 0.25) is 0 Å². The molecule has 18 heavy (non-hydrogen) atoms. The summed E-state index contributed by atoms with van der Waals surface area (Å²) in [6.07, 6.45) is 1.09. The van der Waals surface area contributed by atoms with Gasteiger partial charge in [0.15, 0.2) is 0 Å². The Labute approximate surface area is 116 Å². The third-order valence-electron chi connectivity index (χ3n) is 2.97. The molecule has 0 radical (unpaired) electrons. The molecule has 0 bridgehead atoms. The molecule has 1 unspecified atom stereocenters. The van der Waals surface area contributed by atoms with Crippen molar-refractivity contribution in [2.24, 2.45) is 0 Å². The van der Waals surface area contributed by atoms with Gasteiger partial charge >= 0.3 is 0 Å². The molecule has 0 saturated carbocycles. The first-order chi connectivity index (χ1) is 8.15. The zero-order valence-corrected chi connectivity index (χ0v) is 12.1. The minimum absolute atomic E-state index is 0. The topological polar surface area (TPSA) is 12.0 Å². The van der Waals surface area contributed by atoms with E-state index in [1.54, 1.807) is 0 Å².